The van der Waals surface area contributed by atoms with E-state index in [4.69, 9.17) is 24.8 Å². The average Bonchev–Trinajstić information content (AvgIpc) is 2.58. The maximum Gasteiger partial charge on any atom is 0.184 e. The summed E-state index contributed by atoms with van der Waals surface area (Å²) in [4.78, 5) is 2.71. The van der Waals surface area contributed by atoms with E-state index in [-0.39, 0.29) is 6.61 Å². The van der Waals surface area contributed by atoms with Crippen LogP contribution in [-0.4, -0.2) is 53.3 Å². The number of rotatable bonds is 2. The lowest BCUT2D eigenvalue weighted by atomic mass is 9.97. The van der Waals surface area contributed by atoms with Gasteiger partial charge in [0.2, 0.25) is 0 Å². The van der Waals surface area contributed by atoms with Gasteiger partial charge in [-0.2, -0.15) is 0 Å². The molecule has 2 aliphatic rings. The van der Waals surface area contributed by atoms with Gasteiger partial charge in [0.15, 0.2) is 12.1 Å². The van der Waals surface area contributed by atoms with Crippen LogP contribution in [0.4, 0.5) is 0 Å². The van der Waals surface area contributed by atoms with E-state index in [0.29, 0.717) is 0 Å². The van der Waals surface area contributed by atoms with Gasteiger partial charge in [0.1, 0.15) is 12.2 Å². The molecule has 0 aromatic heterocycles. The zero-order chi connectivity index (χ0) is 12.6. The van der Waals surface area contributed by atoms with E-state index in [1.54, 1.807) is 13.8 Å². The second-order valence-corrected chi connectivity index (χ2v) is 4.51. The third-order valence-electron chi connectivity index (χ3n) is 2.84. The van der Waals surface area contributed by atoms with E-state index in [1.807, 2.05) is 0 Å². The number of aliphatic hydroxyl groups excluding tert-OH is 2. The lowest BCUT2D eigenvalue weighted by Gasteiger charge is -2.37. The average molecular weight is 245 g/mol. The zero-order valence-electron chi connectivity index (χ0n) is 9.55. The Labute approximate surface area is 97.7 Å². The number of aliphatic hydroxyl groups is 2. The largest absolute Gasteiger partial charge is 0.394 e. The van der Waals surface area contributed by atoms with Crippen LogP contribution >= 0.6 is 0 Å². The molecule has 17 heavy (non-hydrogen) atoms. The predicted molar refractivity (Wildman–Crippen MR) is 54.7 cm³/mol. The minimum absolute atomic E-state index is 0.367. The normalized spacial score (nSPS) is 43.9. The van der Waals surface area contributed by atoms with Crippen LogP contribution < -0.4 is 0 Å². The molecule has 2 N–H and O–H groups in total. The number of fused-ring (bicyclic) bond motifs is 1. The molecule has 0 bridgehead atoms. The lowest BCUT2D eigenvalue weighted by Crippen LogP contribution is -2.56. The van der Waals surface area contributed by atoms with Crippen LogP contribution in [0, 0.1) is 0 Å². The molecule has 8 heteroatoms. The van der Waals surface area contributed by atoms with Crippen LogP contribution in [0.1, 0.15) is 13.8 Å². The van der Waals surface area contributed by atoms with Crippen molar-refractivity contribution in [3.63, 3.8) is 0 Å². The van der Waals surface area contributed by atoms with Gasteiger partial charge in [-0.25, -0.2) is 0 Å². The first-order valence-corrected chi connectivity index (χ1v) is 5.33. The van der Waals surface area contributed by atoms with Crippen LogP contribution in [0.5, 0.6) is 0 Å². The molecule has 0 aromatic rings. The molecule has 0 saturated carbocycles. The van der Waals surface area contributed by atoms with Gasteiger partial charge in [-0.3, -0.25) is 0 Å². The molecule has 2 fully saturated rings. The Morgan fingerprint density at radius 3 is 2.59 bits per heavy atom. The summed E-state index contributed by atoms with van der Waals surface area (Å²) in [6, 6.07) is -0.722. The Morgan fingerprint density at radius 1 is 1.35 bits per heavy atom. The van der Waals surface area contributed by atoms with E-state index >= 15 is 0 Å². The van der Waals surface area contributed by atoms with Gasteiger partial charge in [0, 0.05) is 4.91 Å². The molecule has 0 amide bonds. The maximum absolute atomic E-state index is 9.73. The summed E-state index contributed by atoms with van der Waals surface area (Å²) in [5, 5.41) is 22.4. The Bertz CT molecular complexity index is 344. The fourth-order valence-electron chi connectivity index (χ4n) is 2.20. The highest BCUT2D eigenvalue weighted by Gasteiger charge is 2.54. The summed E-state index contributed by atoms with van der Waals surface area (Å²) >= 11 is 0. The van der Waals surface area contributed by atoms with Gasteiger partial charge >= 0.3 is 0 Å². The first-order chi connectivity index (χ1) is 7.98. The van der Waals surface area contributed by atoms with E-state index < -0.39 is 36.4 Å². The highest BCUT2D eigenvalue weighted by Crippen LogP contribution is 2.37. The van der Waals surface area contributed by atoms with E-state index in [0.717, 1.165) is 0 Å². The van der Waals surface area contributed by atoms with Crippen molar-refractivity contribution in [1.29, 1.82) is 0 Å². The molecule has 5 atom stereocenters. The number of azide groups is 1. The van der Waals surface area contributed by atoms with Crippen LogP contribution in [-0.2, 0) is 14.2 Å². The van der Waals surface area contributed by atoms with E-state index in [1.165, 1.54) is 0 Å². The quantitative estimate of drug-likeness (QED) is 0.400. The summed E-state index contributed by atoms with van der Waals surface area (Å²) in [5.74, 6) is -0.882. The van der Waals surface area contributed by atoms with Gasteiger partial charge in [-0.1, -0.05) is 5.11 Å². The van der Waals surface area contributed by atoms with Crippen molar-refractivity contribution < 1.29 is 24.4 Å². The van der Waals surface area contributed by atoms with Crippen LogP contribution in [0.2, 0.25) is 0 Å². The number of hydrogen-bond acceptors (Lipinski definition) is 6. The first kappa shape index (κ1) is 12.6. The van der Waals surface area contributed by atoms with Gasteiger partial charge in [-0.05, 0) is 19.4 Å². The van der Waals surface area contributed by atoms with Gasteiger partial charge in [0.25, 0.3) is 0 Å². The van der Waals surface area contributed by atoms with Crippen molar-refractivity contribution in [2.24, 2.45) is 5.11 Å². The van der Waals surface area contributed by atoms with Crippen molar-refractivity contribution in [2.45, 2.75) is 50.3 Å². The van der Waals surface area contributed by atoms with Crippen LogP contribution in [0.3, 0.4) is 0 Å². The fraction of sp³-hybridized carbons (Fsp3) is 1.00. The van der Waals surface area contributed by atoms with Crippen LogP contribution in [0.15, 0.2) is 5.11 Å². The topological polar surface area (TPSA) is 117 Å². The second-order valence-electron chi connectivity index (χ2n) is 4.51. The Hall–Kier alpha value is -0.890. The number of ether oxygens (including phenoxy) is 3. The van der Waals surface area contributed by atoms with Crippen molar-refractivity contribution in [2.75, 3.05) is 6.61 Å². The fourth-order valence-corrected chi connectivity index (χ4v) is 2.20. The molecule has 2 rings (SSSR count). The Kier molecular flexibility index (Phi) is 3.26. The van der Waals surface area contributed by atoms with Crippen molar-refractivity contribution in [1.82, 2.24) is 0 Å². The lowest BCUT2D eigenvalue weighted by molar-refractivity contribution is -0.239. The van der Waals surface area contributed by atoms with Crippen molar-refractivity contribution >= 4 is 0 Å². The Morgan fingerprint density at radius 2 is 2.00 bits per heavy atom. The SMILES string of the molecule is CC1(C)O[C@H]2[C@H](N=[N+]=[N-])[C@@H](CO)OC(O)[C@H]2O1. The highest BCUT2D eigenvalue weighted by molar-refractivity contribution is 4.99. The maximum atomic E-state index is 9.73. The summed E-state index contributed by atoms with van der Waals surface area (Å²) < 4.78 is 16.2. The standard InChI is InChI=1S/C9H15N3O5/c1-9(2)16-6-5(11-12-10)4(3-13)15-8(14)7(6)17-9/h4-8,13-14H,3H2,1-2H3/t4-,5-,6+,7+,8?/m1/s1. The highest BCUT2D eigenvalue weighted by atomic mass is 16.8. The predicted octanol–water partition coefficient (Wildman–Crippen LogP) is -0.105. The molecule has 0 aromatic carbocycles. The second kappa shape index (κ2) is 4.41. The third kappa shape index (κ3) is 2.23. The molecule has 2 heterocycles. The summed E-state index contributed by atoms with van der Waals surface area (Å²) in [7, 11) is 0. The molecule has 8 nitrogen and oxygen atoms in total. The summed E-state index contributed by atoms with van der Waals surface area (Å²) in [6.45, 7) is 3.02. The minimum atomic E-state index is -1.20. The monoisotopic (exact) mass is 245 g/mol. The molecule has 0 radical (unpaired) electrons. The molecule has 0 spiro atoms. The molecule has 2 saturated heterocycles. The molecule has 0 aliphatic carbocycles. The molecule has 2 aliphatic heterocycles. The number of hydrogen-bond donors (Lipinski definition) is 2. The summed E-state index contributed by atoms with van der Waals surface area (Å²) in [5.41, 5.74) is 8.51. The van der Waals surface area contributed by atoms with Gasteiger partial charge in [-0.15, -0.1) is 0 Å². The summed E-state index contributed by atoms with van der Waals surface area (Å²) in [6.07, 6.45) is -3.34. The van der Waals surface area contributed by atoms with E-state index in [2.05, 4.69) is 10.0 Å². The molecule has 1 unspecified atom stereocenters. The van der Waals surface area contributed by atoms with Crippen molar-refractivity contribution in [3.05, 3.63) is 10.4 Å². The Balaban J connectivity index is 2.26. The molecular weight excluding hydrogens is 230 g/mol. The van der Waals surface area contributed by atoms with Gasteiger partial charge < -0.3 is 24.4 Å². The number of nitrogens with zero attached hydrogens (tertiary/aromatic N) is 3. The van der Waals surface area contributed by atoms with Gasteiger partial charge in [0.05, 0.1) is 18.8 Å². The van der Waals surface area contributed by atoms with E-state index in [9.17, 15) is 5.11 Å². The molecular formula is C9H15N3O5. The van der Waals surface area contributed by atoms with Crippen molar-refractivity contribution in [3.8, 4) is 0 Å². The minimum Gasteiger partial charge on any atom is -0.394 e. The third-order valence-corrected chi connectivity index (χ3v) is 2.84. The smallest absolute Gasteiger partial charge is 0.184 e. The zero-order valence-corrected chi connectivity index (χ0v) is 9.55. The van der Waals surface area contributed by atoms with Crippen LogP contribution in [0.25, 0.3) is 10.4 Å². The molecule has 96 valence electrons. The first-order valence-electron chi connectivity index (χ1n) is 5.33.